The molecule has 35 nitrogen and oxygen atoms in total. The number of phenols is 1. The fourth-order valence-electron chi connectivity index (χ4n) is 10.7. The number of rotatable bonds is 45. The molecule has 0 saturated carbocycles. The SMILES string of the molecule is CC(C)C[C@H](NC(=O)[C@H](CCCCN)NC(=O)[C@H](Cc1cnc[nH]1)NC(=O)[C@H](CC(C)C)NC(=O)[C@@H](N)CCC(=O)O)C(=O)N[C@@H](CCCCN)C(=O)N[C@H](C(=O)N[C@@H](Cc1ccc(O)cc1)C(=O)N1CCC[C@H]1C(=O)N[C@@H](CCCN=C(N)N)C(=O)N[C@H](C(=O)O)[C@@H](C)O)[C@@H](C)O. The van der Waals surface area contributed by atoms with Gasteiger partial charge in [-0.25, -0.2) is 9.78 Å². The number of phenolic OH excluding ortho intramolecular Hbond substituents is 1. The van der Waals surface area contributed by atoms with Crippen LogP contribution in [0.25, 0.3) is 0 Å². The second-order valence-electron chi connectivity index (χ2n) is 25.4. The molecule has 1 fully saturated rings. The summed E-state index contributed by atoms with van der Waals surface area (Å²) < 4.78 is 0. The van der Waals surface area contributed by atoms with E-state index >= 15 is 0 Å². The first kappa shape index (κ1) is 83.2. The van der Waals surface area contributed by atoms with Crippen molar-refractivity contribution in [3.8, 4) is 5.75 Å². The number of hydrogen-bond donors (Lipinski definition) is 20. The second kappa shape index (κ2) is 42.6. The first-order valence-electron chi connectivity index (χ1n) is 33.1. The molecule has 0 aliphatic carbocycles. The number of amides is 10. The highest BCUT2D eigenvalue weighted by molar-refractivity contribution is 5.99. The lowest BCUT2D eigenvalue weighted by atomic mass is 10.00. The molecular formula is C63H104N18O17. The van der Waals surface area contributed by atoms with Gasteiger partial charge in [-0.1, -0.05) is 39.8 Å². The Hall–Kier alpha value is -9.06. The topological polar surface area (TPSA) is 589 Å². The molecular weight excluding hydrogens is 1280 g/mol. The second-order valence-corrected chi connectivity index (χ2v) is 25.4. The number of guanidine groups is 1. The van der Waals surface area contributed by atoms with Crippen LogP contribution in [0.15, 0.2) is 41.8 Å². The molecule has 1 aromatic carbocycles. The van der Waals surface area contributed by atoms with Crippen LogP contribution >= 0.6 is 0 Å². The Kier molecular flexibility index (Phi) is 36.1. The van der Waals surface area contributed by atoms with Crippen LogP contribution in [0.4, 0.5) is 0 Å². The van der Waals surface area contributed by atoms with E-state index in [-0.39, 0.29) is 127 Å². The molecule has 2 aromatic rings. The van der Waals surface area contributed by atoms with Crippen molar-refractivity contribution in [1.29, 1.82) is 0 Å². The van der Waals surface area contributed by atoms with E-state index in [4.69, 9.17) is 33.8 Å². The van der Waals surface area contributed by atoms with Crippen LogP contribution < -0.4 is 76.5 Å². The monoisotopic (exact) mass is 1380 g/mol. The molecule has 2 heterocycles. The number of aromatic nitrogens is 2. The standard InChI is InChI=1S/C63H104N18O17/c1-33(2)27-44(75-52(87)40(66)21-22-49(85)86)57(92)77-46(30-38-31-69-32-71-38)58(93)72-41(13-7-9-23-64)53(88)76-45(28-34(3)4)56(91)73-42(14-8-10-24-65)54(89)79-50(35(5)82)60(95)78-47(29-37-17-19-39(84)20-18-37)61(96)81-26-12-16-48(81)59(94)74-43(15-11-25-70-63(67)68)55(90)80-51(36(6)83)62(97)98/h17-20,31-36,40-48,50-51,82-84H,7-16,21-30,64-66H2,1-6H3,(H,69,71)(H,72,93)(H,73,91)(H,74,94)(H,75,87)(H,76,88)(H,77,92)(H,78,95)(H,79,89)(H,80,90)(H,85,86)(H,97,98)(H4,67,68,70)/t35-,36-,40+,41+,42+,43+,44+,45+,46+,47+,48+,50+,51+/m1/s1. The lowest BCUT2D eigenvalue weighted by Crippen LogP contribution is -2.62. The summed E-state index contributed by atoms with van der Waals surface area (Å²) in [5.41, 5.74) is 29.3. The number of unbranched alkanes of at least 4 members (excludes halogenated alkanes) is 2. The predicted molar refractivity (Wildman–Crippen MR) is 357 cm³/mol. The van der Waals surface area contributed by atoms with Gasteiger partial charge in [-0.2, -0.15) is 0 Å². The minimum absolute atomic E-state index is 0.00763. The van der Waals surface area contributed by atoms with Crippen LogP contribution in [0.2, 0.25) is 0 Å². The Bertz CT molecular complexity index is 2970. The minimum atomic E-state index is -1.82. The zero-order valence-electron chi connectivity index (χ0n) is 56.6. The number of nitrogens with two attached hydrogens (primary N) is 5. The quantitative estimate of drug-likeness (QED) is 0.0169. The van der Waals surface area contributed by atoms with Crippen molar-refractivity contribution in [3.63, 3.8) is 0 Å². The summed E-state index contributed by atoms with van der Waals surface area (Å²) in [5, 5.41) is 73.5. The Labute approximate surface area is 569 Å². The van der Waals surface area contributed by atoms with Crippen LogP contribution in [-0.4, -0.2) is 222 Å². The third-order valence-corrected chi connectivity index (χ3v) is 16.0. The molecule has 10 amide bonds. The Balaban J connectivity index is 1.96. The summed E-state index contributed by atoms with van der Waals surface area (Å²) in [6.45, 7) is 9.83. The fourth-order valence-corrected chi connectivity index (χ4v) is 10.7. The van der Waals surface area contributed by atoms with Gasteiger partial charge in [-0.3, -0.25) is 57.7 Å². The predicted octanol–water partition coefficient (Wildman–Crippen LogP) is -4.30. The van der Waals surface area contributed by atoms with Crippen molar-refractivity contribution in [3.05, 3.63) is 48.0 Å². The number of aromatic amines is 1. The fraction of sp³-hybridized carbons (Fsp3) is 0.651. The number of aromatic hydroxyl groups is 1. The molecule has 1 aliphatic rings. The average molecular weight is 1390 g/mol. The summed E-state index contributed by atoms with van der Waals surface area (Å²) in [6, 6.07) is -10.3. The lowest BCUT2D eigenvalue weighted by molar-refractivity contribution is -0.146. The van der Waals surface area contributed by atoms with Crippen molar-refractivity contribution in [2.75, 3.05) is 26.2 Å². The first-order chi connectivity index (χ1) is 46.3. The zero-order valence-corrected chi connectivity index (χ0v) is 56.6. The number of carbonyl (C=O) groups excluding carboxylic acids is 10. The van der Waals surface area contributed by atoms with Crippen molar-refractivity contribution >= 4 is 77.0 Å². The maximum Gasteiger partial charge on any atom is 0.328 e. The van der Waals surface area contributed by atoms with Gasteiger partial charge in [0.1, 0.15) is 60.1 Å². The van der Waals surface area contributed by atoms with Gasteiger partial charge < -0.3 is 112 Å². The largest absolute Gasteiger partial charge is 0.508 e. The Morgan fingerprint density at radius 3 is 1.54 bits per heavy atom. The maximum absolute atomic E-state index is 14.8. The summed E-state index contributed by atoms with van der Waals surface area (Å²) in [7, 11) is 0. The number of aliphatic hydroxyl groups excluding tert-OH is 2. The van der Waals surface area contributed by atoms with Gasteiger partial charge in [0.25, 0.3) is 0 Å². The van der Waals surface area contributed by atoms with Crippen LogP contribution in [-0.2, 0) is 70.4 Å². The van der Waals surface area contributed by atoms with Gasteiger partial charge in [-0.05, 0) is 140 Å². The summed E-state index contributed by atoms with van der Waals surface area (Å²) in [6.07, 6.45) is 0.132. The molecule has 98 heavy (non-hydrogen) atoms. The van der Waals surface area contributed by atoms with Crippen molar-refractivity contribution in [1.82, 2.24) is 62.7 Å². The van der Waals surface area contributed by atoms with Gasteiger partial charge in [-0.15, -0.1) is 0 Å². The third-order valence-electron chi connectivity index (χ3n) is 16.0. The molecule has 1 aliphatic heterocycles. The molecule has 0 bridgehead atoms. The van der Waals surface area contributed by atoms with Gasteiger partial charge in [0.05, 0.1) is 24.6 Å². The highest BCUT2D eigenvalue weighted by Gasteiger charge is 2.42. The van der Waals surface area contributed by atoms with E-state index < -0.39 is 156 Å². The minimum Gasteiger partial charge on any atom is -0.508 e. The van der Waals surface area contributed by atoms with Crippen LogP contribution in [0.3, 0.4) is 0 Å². The van der Waals surface area contributed by atoms with Crippen molar-refractivity contribution < 1.29 is 83.1 Å². The highest BCUT2D eigenvalue weighted by Crippen LogP contribution is 2.22. The first-order valence-corrected chi connectivity index (χ1v) is 33.1. The number of nitrogens with zero attached hydrogens (tertiary/aromatic N) is 3. The smallest absolute Gasteiger partial charge is 0.328 e. The van der Waals surface area contributed by atoms with Crippen molar-refractivity contribution in [2.45, 2.75) is 223 Å². The lowest BCUT2D eigenvalue weighted by Gasteiger charge is -2.31. The number of aliphatic imine (C=N–C) groups is 1. The van der Waals surface area contributed by atoms with Crippen LogP contribution in [0.1, 0.15) is 143 Å². The maximum atomic E-state index is 14.8. The van der Waals surface area contributed by atoms with Gasteiger partial charge >= 0.3 is 11.9 Å². The van der Waals surface area contributed by atoms with Crippen LogP contribution in [0, 0.1) is 11.8 Å². The number of carboxylic acid groups (broad SMARTS) is 2. The molecule has 0 unspecified atom stereocenters. The third kappa shape index (κ3) is 29.3. The summed E-state index contributed by atoms with van der Waals surface area (Å²) in [5.74, 6) is -12.3. The summed E-state index contributed by atoms with van der Waals surface area (Å²) in [4.78, 5) is 177. The number of aliphatic hydroxyl groups is 2. The normalized spacial score (nSPS) is 16.5. The number of nitrogens with one attached hydrogen (secondary N) is 10. The van der Waals surface area contributed by atoms with E-state index in [0.29, 0.717) is 30.5 Å². The molecule has 13 atom stereocenters. The van der Waals surface area contributed by atoms with Crippen LogP contribution in [0.5, 0.6) is 5.75 Å². The number of hydrogen-bond acceptors (Lipinski definition) is 20. The van der Waals surface area contributed by atoms with E-state index in [0.717, 1.165) is 6.92 Å². The number of benzene rings is 1. The highest BCUT2D eigenvalue weighted by atomic mass is 16.4. The molecule has 3 rings (SSSR count). The number of likely N-dealkylation sites (tertiary alicyclic amines) is 1. The molecule has 548 valence electrons. The van der Waals surface area contributed by atoms with E-state index in [1.807, 2.05) is 0 Å². The van der Waals surface area contributed by atoms with Gasteiger partial charge in [0.15, 0.2) is 12.0 Å². The van der Waals surface area contributed by atoms with Crippen molar-refractivity contribution in [2.24, 2.45) is 45.5 Å². The number of H-pyrrole nitrogens is 1. The molecule has 1 aromatic heterocycles. The summed E-state index contributed by atoms with van der Waals surface area (Å²) >= 11 is 0. The Morgan fingerprint density at radius 1 is 0.582 bits per heavy atom. The van der Waals surface area contributed by atoms with Gasteiger partial charge in [0.2, 0.25) is 59.1 Å². The molecule has 0 spiro atoms. The molecule has 35 heteroatoms. The molecule has 1 saturated heterocycles. The number of imidazole rings is 1. The molecule has 25 N–H and O–H groups in total. The van der Waals surface area contributed by atoms with Gasteiger partial charge in [0, 0.05) is 44.2 Å². The van der Waals surface area contributed by atoms with E-state index in [1.165, 1.54) is 48.6 Å². The zero-order chi connectivity index (χ0) is 73.3. The van der Waals surface area contributed by atoms with E-state index in [1.54, 1.807) is 27.7 Å². The van der Waals surface area contributed by atoms with E-state index in [2.05, 4.69) is 62.8 Å². The Morgan fingerprint density at radius 2 is 1.05 bits per heavy atom. The number of carbonyl (C=O) groups is 12. The number of carboxylic acids is 2. The molecule has 0 radical (unpaired) electrons. The number of aliphatic carboxylic acids is 2. The average Bonchev–Trinajstić information content (AvgIpc) is 1.59. The van der Waals surface area contributed by atoms with E-state index in [9.17, 15) is 78.0 Å².